The molecule has 1 N–H and O–H groups in total. The van der Waals surface area contributed by atoms with E-state index >= 15 is 0 Å². The number of nitrogens with one attached hydrogen (secondary N) is 1. The van der Waals surface area contributed by atoms with E-state index in [9.17, 15) is 20.2 Å². The molecule has 0 aliphatic heterocycles. The third kappa shape index (κ3) is 3.02. The molecule has 0 unspecified atom stereocenters. The fourth-order valence-corrected chi connectivity index (χ4v) is 1.96. The van der Waals surface area contributed by atoms with Gasteiger partial charge in [-0.05, 0) is 39.7 Å². The Morgan fingerprint density at radius 1 is 0.913 bits per heavy atom. The van der Waals surface area contributed by atoms with Gasteiger partial charge in [0.1, 0.15) is 11.3 Å². The molecule has 0 saturated heterocycles. The van der Waals surface area contributed by atoms with Crippen molar-refractivity contribution in [1.82, 2.24) is 15.0 Å². The highest BCUT2D eigenvalue weighted by Gasteiger charge is 2.12. The molecule has 1 aromatic carbocycles. The Bertz CT molecular complexity index is 930. The summed E-state index contributed by atoms with van der Waals surface area (Å²) in [6.45, 7) is 0. The summed E-state index contributed by atoms with van der Waals surface area (Å²) in [6, 6.07) is 8.87. The minimum absolute atomic E-state index is 0.0161. The van der Waals surface area contributed by atoms with Crippen molar-refractivity contribution >= 4 is 34.8 Å². The lowest BCUT2D eigenvalue weighted by atomic mass is 10.2. The van der Waals surface area contributed by atoms with E-state index in [0.29, 0.717) is 11.3 Å². The lowest BCUT2D eigenvalue weighted by molar-refractivity contribution is -0.389. The van der Waals surface area contributed by atoms with Crippen LogP contribution in [0.4, 0.5) is 11.5 Å². The summed E-state index contributed by atoms with van der Waals surface area (Å²) in [4.78, 5) is 31.2. The van der Waals surface area contributed by atoms with Crippen LogP contribution in [0.15, 0.2) is 36.4 Å². The molecule has 0 fully saturated rings. The number of pyridine rings is 1. The zero-order chi connectivity index (χ0) is 16.4. The number of benzene rings is 1. The van der Waals surface area contributed by atoms with Crippen molar-refractivity contribution in [1.29, 1.82) is 0 Å². The van der Waals surface area contributed by atoms with E-state index in [1.807, 2.05) is 0 Å². The van der Waals surface area contributed by atoms with Crippen LogP contribution in [0.3, 0.4) is 0 Å². The lowest BCUT2D eigenvalue weighted by Gasteiger charge is -1.92. The molecule has 2 heterocycles. The van der Waals surface area contributed by atoms with Crippen LogP contribution >= 0.6 is 0 Å². The van der Waals surface area contributed by atoms with Crippen molar-refractivity contribution in [3.63, 3.8) is 0 Å². The van der Waals surface area contributed by atoms with E-state index in [4.69, 9.17) is 0 Å². The normalized spacial score (nSPS) is 11.1. The lowest BCUT2D eigenvalue weighted by Crippen LogP contribution is -1.91. The molecule has 3 rings (SSSR count). The number of nitro benzene ring substituents is 1. The number of aromatic amines is 1. The van der Waals surface area contributed by atoms with Crippen molar-refractivity contribution < 1.29 is 9.85 Å². The Kier molecular flexibility index (Phi) is 3.51. The number of nitro groups is 2. The first-order valence-electron chi connectivity index (χ1n) is 6.46. The van der Waals surface area contributed by atoms with Gasteiger partial charge in [-0.25, -0.2) is 0 Å². The second kappa shape index (κ2) is 5.64. The van der Waals surface area contributed by atoms with E-state index in [0.717, 1.165) is 5.56 Å². The number of hydrogen-bond donors (Lipinski definition) is 1. The van der Waals surface area contributed by atoms with Gasteiger partial charge < -0.3 is 15.1 Å². The van der Waals surface area contributed by atoms with Crippen molar-refractivity contribution in [2.45, 2.75) is 0 Å². The zero-order valence-corrected chi connectivity index (χ0v) is 11.5. The first kappa shape index (κ1) is 14.3. The van der Waals surface area contributed by atoms with Gasteiger partial charge in [-0.1, -0.05) is 6.08 Å². The molecule has 3 aromatic rings. The van der Waals surface area contributed by atoms with Crippen molar-refractivity contribution in [2.24, 2.45) is 0 Å². The summed E-state index contributed by atoms with van der Waals surface area (Å²) in [5.74, 6) is 0.209. The summed E-state index contributed by atoms with van der Waals surface area (Å²) in [5.41, 5.74) is 1.61. The van der Waals surface area contributed by atoms with Crippen LogP contribution in [0.2, 0.25) is 0 Å². The average Bonchev–Trinajstić information content (AvgIpc) is 2.95. The Morgan fingerprint density at radius 3 is 2.30 bits per heavy atom. The highest BCUT2D eigenvalue weighted by Crippen LogP contribution is 2.17. The Morgan fingerprint density at radius 2 is 1.65 bits per heavy atom. The van der Waals surface area contributed by atoms with Crippen LogP contribution in [0.5, 0.6) is 0 Å². The summed E-state index contributed by atoms with van der Waals surface area (Å²) >= 11 is 0. The summed E-state index contributed by atoms with van der Waals surface area (Å²) in [5, 5.41) is 21.3. The molecule has 9 nitrogen and oxygen atoms in total. The smallest absolute Gasteiger partial charge is 0.358 e. The number of fused-ring (bicyclic) bond motifs is 1. The first-order valence-corrected chi connectivity index (χ1v) is 6.46. The number of nitrogens with zero attached hydrogens (tertiary/aromatic N) is 4. The number of aromatic nitrogens is 3. The molecule has 0 aliphatic carbocycles. The average molecular weight is 311 g/mol. The van der Waals surface area contributed by atoms with Gasteiger partial charge in [0.15, 0.2) is 0 Å². The summed E-state index contributed by atoms with van der Waals surface area (Å²) in [7, 11) is 0. The molecule has 0 aliphatic rings. The number of H-pyrrole nitrogens is 1. The van der Waals surface area contributed by atoms with E-state index in [2.05, 4.69) is 15.0 Å². The topological polar surface area (TPSA) is 128 Å². The van der Waals surface area contributed by atoms with E-state index in [-0.39, 0.29) is 17.2 Å². The highest BCUT2D eigenvalue weighted by atomic mass is 16.6. The number of imidazole rings is 1. The minimum Gasteiger partial charge on any atom is -0.358 e. The maximum Gasteiger partial charge on any atom is 0.366 e. The monoisotopic (exact) mass is 311 g/mol. The molecule has 0 bridgehead atoms. The fourth-order valence-electron chi connectivity index (χ4n) is 1.96. The van der Waals surface area contributed by atoms with Gasteiger partial charge in [0.2, 0.25) is 0 Å². The molecule has 9 heteroatoms. The Labute approximate surface area is 128 Å². The second-order valence-electron chi connectivity index (χ2n) is 4.60. The zero-order valence-electron chi connectivity index (χ0n) is 11.5. The molecule has 2 aromatic heterocycles. The van der Waals surface area contributed by atoms with E-state index in [1.165, 1.54) is 24.3 Å². The van der Waals surface area contributed by atoms with Gasteiger partial charge in [0.05, 0.1) is 4.92 Å². The SMILES string of the molecule is O=[N+]([O-])c1ccc(C=Cc2nc3nc([N+](=O)[O-])ccc3[nH]2)cc1. The summed E-state index contributed by atoms with van der Waals surface area (Å²) in [6.07, 6.45) is 3.38. The fraction of sp³-hybridized carbons (Fsp3) is 0. The largest absolute Gasteiger partial charge is 0.366 e. The van der Waals surface area contributed by atoms with Gasteiger partial charge in [0, 0.05) is 18.2 Å². The molecule has 0 radical (unpaired) electrons. The molecule has 0 saturated carbocycles. The predicted octanol–water partition coefficient (Wildman–Crippen LogP) is 2.94. The Hall–Kier alpha value is -3.62. The van der Waals surface area contributed by atoms with Gasteiger partial charge in [-0.2, -0.15) is 4.98 Å². The van der Waals surface area contributed by atoms with Crippen LogP contribution in [-0.2, 0) is 0 Å². The van der Waals surface area contributed by atoms with Crippen molar-refractivity contribution in [3.05, 3.63) is 68.0 Å². The number of non-ortho nitro benzene ring substituents is 1. The van der Waals surface area contributed by atoms with Gasteiger partial charge >= 0.3 is 5.82 Å². The van der Waals surface area contributed by atoms with E-state index in [1.54, 1.807) is 24.3 Å². The third-order valence-electron chi connectivity index (χ3n) is 3.07. The quantitative estimate of drug-likeness (QED) is 0.582. The Balaban J connectivity index is 1.85. The standard InChI is InChI=1S/C14H9N5O4/c20-18(21)10-4-1-9(2-5-10)3-7-12-15-11-6-8-13(19(22)23)17-14(11)16-12/h1-8H,(H,15,16,17). The maximum atomic E-state index is 10.7. The predicted molar refractivity (Wildman–Crippen MR) is 82.6 cm³/mol. The minimum atomic E-state index is -0.583. The molecule has 0 amide bonds. The first-order chi connectivity index (χ1) is 11.0. The maximum absolute atomic E-state index is 10.7. The third-order valence-corrected chi connectivity index (χ3v) is 3.07. The van der Waals surface area contributed by atoms with Gasteiger partial charge in [-0.3, -0.25) is 10.1 Å². The van der Waals surface area contributed by atoms with Crippen LogP contribution in [0.25, 0.3) is 23.3 Å². The van der Waals surface area contributed by atoms with Gasteiger partial charge in [0.25, 0.3) is 11.3 Å². The molecule has 0 spiro atoms. The summed E-state index contributed by atoms with van der Waals surface area (Å²) < 4.78 is 0. The molecular formula is C14H9N5O4. The molecular weight excluding hydrogens is 302 g/mol. The molecule has 23 heavy (non-hydrogen) atoms. The van der Waals surface area contributed by atoms with Crippen LogP contribution in [0, 0.1) is 20.2 Å². The van der Waals surface area contributed by atoms with Crippen LogP contribution in [0.1, 0.15) is 11.4 Å². The second-order valence-corrected chi connectivity index (χ2v) is 4.60. The molecule has 114 valence electrons. The van der Waals surface area contributed by atoms with Crippen LogP contribution in [-0.4, -0.2) is 24.8 Å². The number of hydrogen-bond acceptors (Lipinski definition) is 6. The van der Waals surface area contributed by atoms with Crippen molar-refractivity contribution in [2.75, 3.05) is 0 Å². The molecule has 0 atom stereocenters. The van der Waals surface area contributed by atoms with E-state index < -0.39 is 9.85 Å². The van der Waals surface area contributed by atoms with Crippen LogP contribution < -0.4 is 0 Å². The highest BCUT2D eigenvalue weighted by molar-refractivity contribution is 5.76. The number of rotatable bonds is 4. The van der Waals surface area contributed by atoms with Crippen molar-refractivity contribution in [3.8, 4) is 0 Å². The van der Waals surface area contributed by atoms with Gasteiger partial charge in [-0.15, -0.1) is 0 Å².